The normalized spacial score (nSPS) is 14.6. The highest BCUT2D eigenvalue weighted by molar-refractivity contribution is 5.73. The Kier molecular flexibility index (Phi) is 4.01. The summed E-state index contributed by atoms with van der Waals surface area (Å²) >= 11 is 0. The van der Waals surface area contributed by atoms with E-state index < -0.39 is 12.1 Å². The van der Waals surface area contributed by atoms with Gasteiger partial charge in [-0.2, -0.15) is 13.2 Å². The van der Waals surface area contributed by atoms with Crippen molar-refractivity contribution in [2.75, 3.05) is 0 Å². The van der Waals surface area contributed by atoms with Gasteiger partial charge in [0.25, 0.3) is 0 Å². The number of nitrogens with one attached hydrogen (secondary N) is 1. The number of nitrogens with zero attached hydrogens (tertiary/aromatic N) is 1. The van der Waals surface area contributed by atoms with Gasteiger partial charge in [-0.05, 0) is 0 Å². The fourth-order valence-electron chi connectivity index (χ4n) is 0.218. The van der Waals surface area contributed by atoms with Crippen molar-refractivity contribution in [3.05, 3.63) is 12.5 Å². The molecule has 0 aromatic rings. The molecule has 1 heterocycles. The molecule has 9 heteroatoms. The van der Waals surface area contributed by atoms with Gasteiger partial charge in [0.2, 0.25) is 0 Å². The lowest BCUT2D eigenvalue weighted by molar-refractivity contribution is -0.192. The molecule has 0 saturated heterocycles. The smallest absolute Gasteiger partial charge is 0.475 e. The maximum Gasteiger partial charge on any atom is 0.490 e. The van der Waals surface area contributed by atoms with E-state index in [0.29, 0.717) is 0 Å². The molecular formula is C4H6F3N3O3. The summed E-state index contributed by atoms with van der Waals surface area (Å²) in [5.41, 5.74) is 2.32. The summed E-state index contributed by atoms with van der Waals surface area (Å²) < 4.78 is 31.7. The number of hydrogen-bond donors (Lipinski definition) is 3. The monoisotopic (exact) mass is 201 g/mol. The molecule has 0 radical (unpaired) electrons. The third-order valence-electron chi connectivity index (χ3n) is 0.690. The van der Waals surface area contributed by atoms with Crippen LogP contribution in [0.15, 0.2) is 12.5 Å². The SMILES string of the molecule is NN1C=CON1.O=C(O)C(F)(F)F. The maximum absolute atomic E-state index is 10.6. The molecule has 0 aliphatic carbocycles. The number of alkyl halides is 3. The molecule has 76 valence electrons. The number of carboxylic acids is 1. The fourth-order valence-corrected chi connectivity index (χ4v) is 0.218. The van der Waals surface area contributed by atoms with E-state index in [1.807, 2.05) is 0 Å². The second-order valence-electron chi connectivity index (χ2n) is 1.70. The molecule has 0 atom stereocenters. The summed E-state index contributed by atoms with van der Waals surface area (Å²) in [6.07, 6.45) is -2.08. The van der Waals surface area contributed by atoms with Crippen LogP contribution in [0.25, 0.3) is 0 Å². The van der Waals surface area contributed by atoms with Crippen LogP contribution in [0.3, 0.4) is 0 Å². The Morgan fingerprint density at radius 1 is 1.62 bits per heavy atom. The second-order valence-corrected chi connectivity index (χ2v) is 1.70. The Balaban J connectivity index is 0.000000223. The highest BCUT2D eigenvalue weighted by Gasteiger charge is 2.38. The molecule has 0 unspecified atom stereocenters. The van der Waals surface area contributed by atoms with Gasteiger partial charge in [0.1, 0.15) is 6.26 Å². The van der Waals surface area contributed by atoms with Gasteiger partial charge in [-0.3, -0.25) is 0 Å². The minimum absolute atomic E-state index is 1.21. The summed E-state index contributed by atoms with van der Waals surface area (Å²) in [5, 5.41) is 8.33. The Morgan fingerprint density at radius 3 is 2.15 bits per heavy atom. The maximum atomic E-state index is 10.6. The highest BCUT2D eigenvalue weighted by Crippen LogP contribution is 2.13. The van der Waals surface area contributed by atoms with Crippen LogP contribution in [0.1, 0.15) is 0 Å². The molecule has 1 aliphatic rings. The molecule has 13 heavy (non-hydrogen) atoms. The second kappa shape index (κ2) is 4.52. The van der Waals surface area contributed by atoms with Crippen LogP contribution >= 0.6 is 0 Å². The number of carbonyl (C=O) groups is 1. The average Bonchev–Trinajstić information content (AvgIpc) is 2.38. The topological polar surface area (TPSA) is 87.8 Å². The van der Waals surface area contributed by atoms with Crippen LogP contribution in [-0.4, -0.2) is 22.4 Å². The molecule has 0 aromatic heterocycles. The zero-order chi connectivity index (χ0) is 10.5. The minimum atomic E-state index is -5.08. The van der Waals surface area contributed by atoms with Crippen LogP contribution in [0.5, 0.6) is 0 Å². The number of hydrogen-bond acceptors (Lipinski definition) is 5. The number of aliphatic carboxylic acids is 1. The van der Waals surface area contributed by atoms with Gasteiger partial charge in [0.15, 0.2) is 0 Å². The van der Waals surface area contributed by atoms with Crippen LogP contribution in [0.4, 0.5) is 13.2 Å². The Hall–Kier alpha value is -1.48. The van der Waals surface area contributed by atoms with E-state index in [1.165, 1.54) is 11.4 Å². The van der Waals surface area contributed by atoms with Gasteiger partial charge in [0, 0.05) is 0 Å². The summed E-state index contributed by atoms with van der Waals surface area (Å²) in [6.45, 7) is 0. The third-order valence-corrected chi connectivity index (χ3v) is 0.690. The first-order valence-corrected chi connectivity index (χ1v) is 2.76. The van der Waals surface area contributed by atoms with Crippen molar-refractivity contribution in [3.63, 3.8) is 0 Å². The summed E-state index contributed by atoms with van der Waals surface area (Å²) in [7, 11) is 0. The lowest BCUT2D eigenvalue weighted by Crippen LogP contribution is -2.33. The van der Waals surface area contributed by atoms with Crippen LogP contribution in [0.2, 0.25) is 0 Å². The first-order valence-electron chi connectivity index (χ1n) is 2.76. The molecule has 6 nitrogen and oxygen atoms in total. The predicted molar refractivity (Wildman–Crippen MR) is 33.1 cm³/mol. The van der Waals surface area contributed by atoms with Gasteiger partial charge in [-0.25, -0.2) is 15.8 Å². The predicted octanol–water partition coefficient (Wildman–Crippen LogP) is -0.284. The molecule has 0 spiro atoms. The Bertz CT molecular complexity index is 205. The number of carboxylic acid groups (broad SMARTS) is 1. The minimum Gasteiger partial charge on any atom is -0.475 e. The molecule has 4 N–H and O–H groups in total. The summed E-state index contributed by atoms with van der Waals surface area (Å²) in [6, 6.07) is 0. The molecule has 0 saturated carbocycles. The molecule has 1 rings (SSSR count). The van der Waals surface area contributed by atoms with E-state index in [-0.39, 0.29) is 0 Å². The standard InChI is InChI=1S/C2HF3O2.C2H5N3O/c3-2(4,5)1(6)7;3-5-1-2-6-4-5/h(H,6,7);1-2,4H,3H2. The Morgan fingerprint density at radius 2 is 2.08 bits per heavy atom. The molecule has 0 bridgehead atoms. The van der Waals surface area contributed by atoms with Crippen molar-refractivity contribution in [1.82, 2.24) is 10.7 Å². The van der Waals surface area contributed by atoms with E-state index in [9.17, 15) is 13.2 Å². The summed E-state index contributed by atoms with van der Waals surface area (Å²) in [4.78, 5) is 13.3. The quantitative estimate of drug-likeness (QED) is 0.467. The van der Waals surface area contributed by atoms with Crippen LogP contribution in [0, 0.1) is 0 Å². The molecule has 1 aliphatic heterocycles. The van der Waals surface area contributed by atoms with Gasteiger partial charge in [-0.1, -0.05) is 5.59 Å². The van der Waals surface area contributed by atoms with Crippen molar-refractivity contribution < 1.29 is 27.9 Å². The number of hydrazine groups is 2. The van der Waals surface area contributed by atoms with Crippen molar-refractivity contribution in [2.24, 2.45) is 5.84 Å². The third kappa shape index (κ3) is 5.75. The van der Waals surface area contributed by atoms with E-state index in [4.69, 9.17) is 15.7 Å². The highest BCUT2D eigenvalue weighted by atomic mass is 19.4. The lowest BCUT2D eigenvalue weighted by atomic mass is 10.7. The number of halogens is 3. The zero-order valence-electron chi connectivity index (χ0n) is 6.08. The molecule has 0 amide bonds. The van der Waals surface area contributed by atoms with E-state index in [1.54, 1.807) is 6.20 Å². The van der Waals surface area contributed by atoms with Crippen molar-refractivity contribution >= 4 is 5.97 Å². The largest absolute Gasteiger partial charge is 0.490 e. The average molecular weight is 201 g/mol. The number of nitrogens with two attached hydrogens (primary N) is 1. The Labute approximate surface area is 70.3 Å². The summed E-state index contributed by atoms with van der Waals surface area (Å²) in [5.74, 6) is 2.29. The first kappa shape index (κ1) is 11.5. The number of rotatable bonds is 0. The molecule has 0 aromatic carbocycles. The van der Waals surface area contributed by atoms with Crippen LogP contribution in [-0.2, 0) is 9.63 Å². The molecular weight excluding hydrogens is 195 g/mol. The van der Waals surface area contributed by atoms with E-state index >= 15 is 0 Å². The van der Waals surface area contributed by atoms with Crippen LogP contribution < -0.4 is 11.4 Å². The molecule has 0 fully saturated rings. The first-order chi connectivity index (χ1) is 5.84. The van der Waals surface area contributed by atoms with Gasteiger partial charge in [-0.15, -0.1) is 0 Å². The zero-order valence-corrected chi connectivity index (χ0v) is 6.08. The van der Waals surface area contributed by atoms with Gasteiger partial charge >= 0.3 is 12.1 Å². The fraction of sp³-hybridized carbons (Fsp3) is 0.250. The van der Waals surface area contributed by atoms with Crippen molar-refractivity contribution in [1.29, 1.82) is 0 Å². The van der Waals surface area contributed by atoms with Crippen molar-refractivity contribution in [2.45, 2.75) is 6.18 Å². The van der Waals surface area contributed by atoms with E-state index in [0.717, 1.165) is 0 Å². The van der Waals surface area contributed by atoms with Gasteiger partial charge in [0.05, 0.1) is 6.20 Å². The van der Waals surface area contributed by atoms with Crippen molar-refractivity contribution in [3.8, 4) is 0 Å². The van der Waals surface area contributed by atoms with Gasteiger partial charge < -0.3 is 9.94 Å². The lowest BCUT2D eigenvalue weighted by Gasteiger charge is -2.01. The van der Waals surface area contributed by atoms with E-state index in [2.05, 4.69) is 10.4 Å².